The maximum atomic E-state index is 6.72. The van der Waals surface area contributed by atoms with Gasteiger partial charge in [0.1, 0.15) is 5.75 Å². The minimum Gasteiger partial charge on any atom is -0.493 e. The number of fused-ring (bicyclic) bond motifs is 2. The third-order valence-electron chi connectivity index (χ3n) is 4.27. The number of rotatable bonds is 2. The molecule has 104 valence electrons. The molecule has 3 heteroatoms. The van der Waals surface area contributed by atoms with Crippen molar-refractivity contribution in [2.45, 2.75) is 37.5 Å². The Hall–Kier alpha value is -0.990. The van der Waals surface area contributed by atoms with Crippen LogP contribution in [-0.2, 0) is 19.3 Å². The van der Waals surface area contributed by atoms with Crippen LogP contribution in [0.1, 0.15) is 44.7 Å². The van der Waals surface area contributed by atoms with Crippen molar-refractivity contribution >= 4 is 22.9 Å². The molecule has 0 spiro atoms. The fraction of sp³-hybridized carbons (Fsp3) is 0.412. The predicted octanol–water partition coefficient (Wildman–Crippen LogP) is 4.89. The topological polar surface area (TPSA) is 9.23 Å². The molecule has 2 heterocycles. The molecule has 1 unspecified atom stereocenters. The van der Waals surface area contributed by atoms with E-state index in [1.54, 1.807) is 4.88 Å². The minimum atomic E-state index is -0.0171. The quantitative estimate of drug-likeness (QED) is 0.718. The molecule has 20 heavy (non-hydrogen) atoms. The molecule has 1 aliphatic heterocycles. The van der Waals surface area contributed by atoms with E-state index in [1.807, 2.05) is 11.3 Å². The molecule has 0 saturated heterocycles. The molecule has 1 aromatic heterocycles. The highest BCUT2D eigenvalue weighted by Gasteiger charge is 2.21. The Morgan fingerprint density at radius 3 is 2.85 bits per heavy atom. The van der Waals surface area contributed by atoms with E-state index in [0.29, 0.717) is 0 Å². The molecule has 0 saturated carbocycles. The van der Waals surface area contributed by atoms with Gasteiger partial charge in [-0.1, -0.05) is 12.1 Å². The summed E-state index contributed by atoms with van der Waals surface area (Å²) in [4.78, 5) is 2.86. The van der Waals surface area contributed by atoms with Crippen molar-refractivity contribution < 1.29 is 4.74 Å². The lowest BCUT2D eigenvalue weighted by molar-refractivity contribution is 0.357. The highest BCUT2D eigenvalue weighted by molar-refractivity contribution is 7.12. The van der Waals surface area contributed by atoms with Crippen molar-refractivity contribution in [1.82, 2.24) is 0 Å². The first-order valence-electron chi connectivity index (χ1n) is 7.32. The van der Waals surface area contributed by atoms with Crippen LogP contribution in [-0.4, -0.2) is 6.61 Å². The number of aryl methyl sites for hydroxylation is 2. The first-order chi connectivity index (χ1) is 9.81. The summed E-state index contributed by atoms with van der Waals surface area (Å²) in [7, 11) is 0. The molecule has 0 bridgehead atoms. The van der Waals surface area contributed by atoms with E-state index in [2.05, 4.69) is 24.3 Å². The van der Waals surface area contributed by atoms with Gasteiger partial charge in [0, 0.05) is 16.2 Å². The zero-order valence-corrected chi connectivity index (χ0v) is 12.9. The van der Waals surface area contributed by atoms with Crippen LogP contribution in [0.2, 0.25) is 0 Å². The summed E-state index contributed by atoms with van der Waals surface area (Å²) in [5, 5.41) is -0.0171. The molecule has 1 aromatic carbocycles. The van der Waals surface area contributed by atoms with Gasteiger partial charge >= 0.3 is 0 Å². The van der Waals surface area contributed by atoms with Gasteiger partial charge in [-0.05, 0) is 54.5 Å². The molecule has 1 nitrogen and oxygen atoms in total. The molecule has 0 amide bonds. The third kappa shape index (κ3) is 2.15. The Bertz CT molecular complexity index is 623. The van der Waals surface area contributed by atoms with Gasteiger partial charge in [0.15, 0.2) is 0 Å². The Morgan fingerprint density at radius 1 is 1.05 bits per heavy atom. The largest absolute Gasteiger partial charge is 0.493 e. The van der Waals surface area contributed by atoms with Crippen molar-refractivity contribution in [1.29, 1.82) is 0 Å². The van der Waals surface area contributed by atoms with E-state index in [4.69, 9.17) is 16.3 Å². The van der Waals surface area contributed by atoms with Crippen LogP contribution in [0.25, 0.3) is 0 Å². The smallest absolute Gasteiger partial charge is 0.122 e. The Labute approximate surface area is 128 Å². The second kappa shape index (κ2) is 5.09. The van der Waals surface area contributed by atoms with Crippen molar-refractivity contribution in [3.8, 4) is 5.75 Å². The monoisotopic (exact) mass is 304 g/mol. The lowest BCUT2D eigenvalue weighted by Gasteiger charge is -2.09. The molecule has 1 atom stereocenters. The number of alkyl halides is 1. The number of hydrogen-bond acceptors (Lipinski definition) is 2. The van der Waals surface area contributed by atoms with Crippen LogP contribution < -0.4 is 4.74 Å². The van der Waals surface area contributed by atoms with E-state index in [9.17, 15) is 0 Å². The van der Waals surface area contributed by atoms with E-state index in [-0.39, 0.29) is 5.38 Å². The normalized spacial score (nSPS) is 18.2. The van der Waals surface area contributed by atoms with Gasteiger partial charge in [-0.2, -0.15) is 0 Å². The van der Waals surface area contributed by atoms with Gasteiger partial charge in [0.05, 0.1) is 12.0 Å². The molecule has 2 aromatic rings. The van der Waals surface area contributed by atoms with Crippen molar-refractivity contribution in [2.24, 2.45) is 0 Å². The highest BCUT2D eigenvalue weighted by Crippen LogP contribution is 2.40. The van der Waals surface area contributed by atoms with E-state index < -0.39 is 0 Å². The van der Waals surface area contributed by atoms with Gasteiger partial charge in [0.25, 0.3) is 0 Å². The van der Waals surface area contributed by atoms with Crippen LogP contribution in [0.5, 0.6) is 5.75 Å². The van der Waals surface area contributed by atoms with E-state index >= 15 is 0 Å². The van der Waals surface area contributed by atoms with Gasteiger partial charge in [-0.3, -0.25) is 0 Å². The maximum Gasteiger partial charge on any atom is 0.122 e. The first kappa shape index (κ1) is 12.7. The predicted molar refractivity (Wildman–Crippen MR) is 84.3 cm³/mol. The van der Waals surface area contributed by atoms with Crippen molar-refractivity contribution in [3.05, 3.63) is 50.7 Å². The third-order valence-corrected chi connectivity index (χ3v) is 6.19. The average Bonchev–Trinajstić information content (AvgIpc) is 3.11. The summed E-state index contributed by atoms with van der Waals surface area (Å²) >= 11 is 8.63. The molecular formula is C17H17ClOS. The number of hydrogen-bond donors (Lipinski definition) is 0. The zero-order valence-electron chi connectivity index (χ0n) is 11.3. The Balaban J connectivity index is 1.66. The van der Waals surface area contributed by atoms with Gasteiger partial charge < -0.3 is 4.74 Å². The van der Waals surface area contributed by atoms with Crippen LogP contribution in [0.4, 0.5) is 0 Å². The lowest BCUT2D eigenvalue weighted by atomic mass is 9.98. The molecule has 4 rings (SSSR count). The van der Waals surface area contributed by atoms with Crippen LogP contribution in [0, 0.1) is 0 Å². The molecule has 0 radical (unpaired) electrons. The highest BCUT2D eigenvalue weighted by atomic mass is 35.5. The lowest BCUT2D eigenvalue weighted by Crippen LogP contribution is -1.96. The summed E-state index contributed by atoms with van der Waals surface area (Å²) in [5.41, 5.74) is 4.04. The Morgan fingerprint density at radius 2 is 1.95 bits per heavy atom. The fourth-order valence-electron chi connectivity index (χ4n) is 3.17. The number of benzene rings is 1. The summed E-state index contributed by atoms with van der Waals surface area (Å²) in [6, 6.07) is 8.74. The Kier molecular flexibility index (Phi) is 3.24. The van der Waals surface area contributed by atoms with Gasteiger partial charge in [-0.15, -0.1) is 22.9 Å². The number of halogens is 1. The summed E-state index contributed by atoms with van der Waals surface area (Å²) in [6.45, 7) is 0.805. The van der Waals surface area contributed by atoms with Crippen LogP contribution >= 0.6 is 22.9 Å². The van der Waals surface area contributed by atoms with E-state index in [0.717, 1.165) is 18.8 Å². The second-order valence-corrected chi connectivity index (χ2v) is 7.24. The SMILES string of the molecule is ClC(c1ccc2c(c1)CCO2)c1cc2c(s1)CCCC2. The summed E-state index contributed by atoms with van der Waals surface area (Å²) in [6.07, 6.45) is 6.13. The molecule has 0 fully saturated rings. The summed E-state index contributed by atoms with van der Waals surface area (Å²) in [5.74, 6) is 1.03. The maximum absolute atomic E-state index is 6.72. The van der Waals surface area contributed by atoms with Crippen molar-refractivity contribution in [2.75, 3.05) is 6.61 Å². The fourth-order valence-corrected chi connectivity index (χ4v) is 4.76. The van der Waals surface area contributed by atoms with Gasteiger partial charge in [0.2, 0.25) is 0 Å². The molecule has 0 N–H and O–H groups in total. The van der Waals surface area contributed by atoms with Gasteiger partial charge in [-0.25, -0.2) is 0 Å². The van der Waals surface area contributed by atoms with E-state index in [1.165, 1.54) is 47.3 Å². The second-order valence-electron chi connectivity index (χ2n) is 5.63. The zero-order chi connectivity index (χ0) is 13.5. The van der Waals surface area contributed by atoms with Crippen LogP contribution in [0.3, 0.4) is 0 Å². The minimum absolute atomic E-state index is 0.0171. The first-order valence-corrected chi connectivity index (χ1v) is 8.58. The van der Waals surface area contributed by atoms with Crippen molar-refractivity contribution in [3.63, 3.8) is 0 Å². The molecular weight excluding hydrogens is 288 g/mol. The average molecular weight is 305 g/mol. The standard InChI is InChI=1S/C17H17ClOS/c18-17(13-5-6-14-11(9-13)7-8-19-14)16-10-12-3-1-2-4-15(12)20-16/h5-6,9-10,17H,1-4,7-8H2. The number of thiophene rings is 1. The van der Waals surface area contributed by atoms with Crippen LogP contribution in [0.15, 0.2) is 24.3 Å². The number of ether oxygens (including phenoxy) is 1. The molecule has 2 aliphatic rings. The summed E-state index contributed by atoms with van der Waals surface area (Å²) < 4.78 is 5.56. The molecule has 1 aliphatic carbocycles.